The smallest absolute Gasteiger partial charge is 0.0470 e. The molecule has 0 fully saturated rings. The van der Waals surface area contributed by atoms with Crippen molar-refractivity contribution in [1.82, 2.24) is 0 Å². The molecule has 0 nitrogen and oxygen atoms in total. The third kappa shape index (κ3) is 4.31. The number of hydrogen-bond donors (Lipinski definition) is 0. The average Bonchev–Trinajstić information content (AvgIpc) is 1.72. The third-order valence-electron chi connectivity index (χ3n) is 1.50. The first-order valence-corrected chi connectivity index (χ1v) is 5.30. The average molecular weight is 135 g/mol. The monoisotopic (exact) mass is 135 g/mol. The maximum absolute atomic E-state index is 2.31. The van der Waals surface area contributed by atoms with E-state index >= 15 is 0 Å². The van der Waals surface area contributed by atoms with Gasteiger partial charge in [0.25, 0.3) is 0 Å². The van der Waals surface area contributed by atoms with E-state index in [2.05, 4.69) is 20.8 Å². The van der Waals surface area contributed by atoms with Crippen molar-refractivity contribution in [2.24, 2.45) is 0 Å². The van der Waals surface area contributed by atoms with Crippen LogP contribution >= 0.6 is 0 Å². The molecule has 8 heavy (non-hydrogen) atoms. The van der Waals surface area contributed by atoms with E-state index in [-0.39, 0.29) is 13.5 Å². The summed E-state index contributed by atoms with van der Waals surface area (Å²) in [6.45, 7) is 6.92. The van der Waals surface area contributed by atoms with Gasteiger partial charge in [-0.3, -0.25) is 4.70 Å². The molecule has 0 unspecified atom stereocenters. The fourth-order valence-electron chi connectivity index (χ4n) is 0.750. The molecule has 0 N–H and O–H groups in total. The van der Waals surface area contributed by atoms with Crippen LogP contribution in [0.25, 0.3) is 0 Å². The van der Waals surface area contributed by atoms with Crippen molar-refractivity contribution in [1.29, 1.82) is 0 Å². The van der Waals surface area contributed by atoms with Crippen molar-refractivity contribution in [2.75, 3.05) is 0 Å². The third-order valence-corrected chi connectivity index (χ3v) is 4.50. The van der Waals surface area contributed by atoms with Gasteiger partial charge in [0.2, 0.25) is 0 Å². The van der Waals surface area contributed by atoms with E-state index in [1.54, 1.807) is 0 Å². The highest BCUT2D eigenvalue weighted by molar-refractivity contribution is 6.58. The van der Waals surface area contributed by atoms with Crippen LogP contribution in [0.1, 0.15) is 20.8 Å². The quantitative estimate of drug-likeness (QED) is 0.522. The molecule has 0 saturated heterocycles. The number of hydrogen-bond acceptors (Lipinski definition) is 0. The van der Waals surface area contributed by atoms with E-state index in [1.165, 1.54) is 18.1 Å². The van der Waals surface area contributed by atoms with Crippen LogP contribution in [-0.2, 0) is 0 Å². The standard InChI is InChI=1S/C6H15Si.FH/c1-4-7(5-2)6-3;/h4-6H2,1-3H3;1H. The summed E-state index contributed by atoms with van der Waals surface area (Å²) < 4.78 is 0. The van der Waals surface area contributed by atoms with Gasteiger partial charge in [-0.05, 0) is 0 Å². The van der Waals surface area contributed by atoms with Gasteiger partial charge in [0, 0.05) is 8.80 Å². The summed E-state index contributed by atoms with van der Waals surface area (Å²) in [4.78, 5) is 0. The maximum atomic E-state index is 2.31. The molecule has 0 aliphatic rings. The summed E-state index contributed by atoms with van der Waals surface area (Å²) in [7, 11) is 0.137. The van der Waals surface area contributed by atoms with E-state index in [9.17, 15) is 0 Å². The molecule has 0 rings (SSSR count). The molecule has 0 aromatic heterocycles. The molecule has 0 spiro atoms. The van der Waals surface area contributed by atoms with E-state index in [0.717, 1.165) is 0 Å². The minimum absolute atomic E-state index is 0. The second kappa shape index (κ2) is 7.15. The predicted octanol–water partition coefficient (Wildman–Crippen LogP) is 2.69. The summed E-state index contributed by atoms with van der Waals surface area (Å²) in [6.07, 6.45) is 0. The van der Waals surface area contributed by atoms with Crippen molar-refractivity contribution in [3.05, 3.63) is 0 Å². The van der Waals surface area contributed by atoms with Crippen LogP contribution in [0.2, 0.25) is 18.1 Å². The van der Waals surface area contributed by atoms with Crippen molar-refractivity contribution in [3.63, 3.8) is 0 Å². The van der Waals surface area contributed by atoms with E-state index < -0.39 is 0 Å². The Hall–Kier alpha value is 0.147. The molecule has 0 saturated carbocycles. The molecule has 0 aliphatic carbocycles. The van der Waals surface area contributed by atoms with Gasteiger partial charge in [-0.15, -0.1) is 0 Å². The summed E-state index contributed by atoms with van der Waals surface area (Å²) in [5, 5.41) is 0. The van der Waals surface area contributed by atoms with E-state index in [1.807, 2.05) is 0 Å². The summed E-state index contributed by atoms with van der Waals surface area (Å²) in [6, 6.07) is 4.37. The molecule has 0 aromatic carbocycles. The molecule has 0 aliphatic heterocycles. The normalized spacial score (nSPS) is 9.00. The highest BCUT2D eigenvalue weighted by Crippen LogP contribution is 2.01. The van der Waals surface area contributed by atoms with Crippen molar-refractivity contribution < 1.29 is 4.70 Å². The molecule has 51 valence electrons. The predicted molar refractivity (Wildman–Crippen MR) is 39.7 cm³/mol. The molecule has 0 bridgehead atoms. The second-order valence-electron chi connectivity index (χ2n) is 1.81. The Morgan fingerprint density at radius 3 is 1.12 bits per heavy atom. The van der Waals surface area contributed by atoms with Crippen LogP contribution in [0.4, 0.5) is 4.70 Å². The molecule has 2 heteroatoms. The SMILES string of the molecule is CC[Si](CC)CC.F. The van der Waals surface area contributed by atoms with Crippen molar-refractivity contribution in [2.45, 2.75) is 38.9 Å². The van der Waals surface area contributed by atoms with Gasteiger partial charge < -0.3 is 0 Å². The minimum atomic E-state index is 0. The summed E-state index contributed by atoms with van der Waals surface area (Å²) in [5.74, 6) is 0. The van der Waals surface area contributed by atoms with Gasteiger partial charge >= 0.3 is 0 Å². The molecular formula is C6H16FSi. The fourth-order valence-corrected chi connectivity index (χ4v) is 2.25. The molecule has 1 radical (unpaired) electrons. The molecular weight excluding hydrogens is 119 g/mol. The lowest BCUT2D eigenvalue weighted by Crippen LogP contribution is -2.04. The minimum Gasteiger partial charge on any atom is -0.269 e. The molecule has 0 heterocycles. The Balaban J connectivity index is 0. The lowest BCUT2D eigenvalue weighted by molar-refractivity contribution is 1.11. The highest BCUT2D eigenvalue weighted by atomic mass is 28.3. The zero-order valence-electron chi connectivity index (χ0n) is 6.03. The first-order valence-electron chi connectivity index (χ1n) is 3.18. The Labute approximate surface area is 53.3 Å². The van der Waals surface area contributed by atoms with Gasteiger partial charge in [-0.25, -0.2) is 0 Å². The lowest BCUT2D eigenvalue weighted by Gasteiger charge is -2.02. The highest BCUT2D eigenvalue weighted by Gasteiger charge is 1.98. The van der Waals surface area contributed by atoms with Crippen molar-refractivity contribution in [3.8, 4) is 0 Å². The van der Waals surface area contributed by atoms with Gasteiger partial charge in [0.15, 0.2) is 0 Å². The van der Waals surface area contributed by atoms with Crippen LogP contribution in [0.3, 0.4) is 0 Å². The Morgan fingerprint density at radius 2 is 1.12 bits per heavy atom. The first kappa shape index (κ1) is 11.0. The molecule has 0 aromatic rings. The van der Waals surface area contributed by atoms with Crippen molar-refractivity contribution >= 4 is 8.80 Å². The van der Waals surface area contributed by atoms with E-state index in [0.29, 0.717) is 0 Å². The number of halogens is 1. The Kier molecular flexibility index (Phi) is 9.84. The zero-order chi connectivity index (χ0) is 5.70. The van der Waals surface area contributed by atoms with Gasteiger partial charge in [-0.2, -0.15) is 0 Å². The van der Waals surface area contributed by atoms with Crippen LogP contribution in [0.15, 0.2) is 0 Å². The lowest BCUT2D eigenvalue weighted by atomic mass is 10.9. The largest absolute Gasteiger partial charge is 0.269 e. The van der Waals surface area contributed by atoms with Gasteiger partial charge in [0.1, 0.15) is 0 Å². The second-order valence-corrected chi connectivity index (χ2v) is 5.43. The maximum Gasteiger partial charge on any atom is 0.0470 e. The van der Waals surface area contributed by atoms with Crippen LogP contribution in [-0.4, -0.2) is 8.80 Å². The number of rotatable bonds is 3. The van der Waals surface area contributed by atoms with Crippen LogP contribution < -0.4 is 0 Å². The molecule has 0 amide bonds. The molecule has 0 atom stereocenters. The van der Waals surface area contributed by atoms with Gasteiger partial charge in [-0.1, -0.05) is 38.9 Å². The summed E-state index contributed by atoms with van der Waals surface area (Å²) >= 11 is 0. The topological polar surface area (TPSA) is 0 Å². The fraction of sp³-hybridized carbons (Fsp3) is 1.00. The van der Waals surface area contributed by atoms with Crippen LogP contribution in [0, 0.1) is 0 Å². The zero-order valence-corrected chi connectivity index (χ0v) is 7.03. The Morgan fingerprint density at radius 1 is 0.875 bits per heavy atom. The van der Waals surface area contributed by atoms with E-state index in [4.69, 9.17) is 0 Å². The Bertz CT molecular complexity index is 30.0. The summed E-state index contributed by atoms with van der Waals surface area (Å²) in [5.41, 5.74) is 0. The van der Waals surface area contributed by atoms with Crippen LogP contribution in [0.5, 0.6) is 0 Å². The first-order chi connectivity index (χ1) is 3.35. The van der Waals surface area contributed by atoms with Gasteiger partial charge in [0.05, 0.1) is 0 Å².